The van der Waals surface area contributed by atoms with Gasteiger partial charge in [-0.1, -0.05) is 124 Å². The number of carbonyl (C=O) groups is 1. The number of aliphatic hydroxyl groups is 4. The zero-order valence-corrected chi connectivity index (χ0v) is 38.0. The molecule has 0 aliphatic carbocycles. The lowest BCUT2D eigenvalue weighted by molar-refractivity contribution is -0.310. The van der Waals surface area contributed by atoms with Gasteiger partial charge in [0.25, 0.3) is 0 Å². The van der Waals surface area contributed by atoms with Crippen LogP contribution in [0.25, 0.3) is 6.08 Å². The third kappa shape index (κ3) is 16.9. The van der Waals surface area contributed by atoms with Gasteiger partial charge < -0.3 is 53.3 Å². The number of oxazole rings is 1. The molecular formula is C49H71NO12. The molecule has 0 amide bonds. The smallest absolute Gasteiger partial charge is 0.331 e. The number of esters is 1. The van der Waals surface area contributed by atoms with Crippen LogP contribution in [0.2, 0.25) is 0 Å². The second-order valence-corrected chi connectivity index (χ2v) is 16.2. The quantitative estimate of drug-likeness (QED) is 0.189. The molecule has 13 nitrogen and oxygen atoms in total. The Morgan fingerprint density at radius 3 is 2.08 bits per heavy atom. The largest absolute Gasteiger partial charge is 0.458 e. The normalized spacial score (nSPS) is 37.7. The molecule has 1 aromatic rings. The van der Waals surface area contributed by atoms with E-state index in [-0.39, 0.29) is 30.3 Å². The molecule has 2 bridgehead atoms. The van der Waals surface area contributed by atoms with Crippen LogP contribution in [0.1, 0.15) is 78.8 Å². The SMILES string of the molecule is CO[C@H]1[C@@H](O[C@@H]2/C=C/C=C/c3coc(n3)[C@H](C)[C@H](OC)C[C@H](O)\C=C/C=C\C=C\[C@@H](C)[C@@H]([C@@H](C)[C@@H](O)C[C@H](C)O)OC(=O)/C=C/C=C/C=C/C(C)=C\[C@@H]2C)O[C@H](C)[C@@H](O)[C@@H]1OC. The lowest BCUT2D eigenvalue weighted by Gasteiger charge is -2.43. The average molecular weight is 866 g/mol. The third-order valence-electron chi connectivity index (χ3n) is 11.1. The van der Waals surface area contributed by atoms with Crippen LogP contribution in [0, 0.1) is 17.8 Å². The summed E-state index contributed by atoms with van der Waals surface area (Å²) in [6.45, 7) is 13.0. The van der Waals surface area contributed by atoms with Gasteiger partial charge in [0, 0.05) is 51.6 Å². The van der Waals surface area contributed by atoms with E-state index >= 15 is 0 Å². The van der Waals surface area contributed by atoms with Crippen molar-refractivity contribution in [3.05, 3.63) is 121 Å². The van der Waals surface area contributed by atoms with Gasteiger partial charge >= 0.3 is 5.97 Å². The van der Waals surface area contributed by atoms with Crippen LogP contribution in [0.15, 0.2) is 113 Å². The first-order chi connectivity index (χ1) is 29.6. The topological polar surface area (TPSA) is 179 Å². The molecule has 1 aromatic heterocycles. The maximum atomic E-state index is 13.0. The van der Waals surface area contributed by atoms with Crippen LogP contribution in [-0.2, 0) is 33.2 Å². The first-order valence-electron chi connectivity index (χ1n) is 21.4. The number of hydrogen-bond donors (Lipinski definition) is 4. The van der Waals surface area contributed by atoms with Gasteiger partial charge in [0.05, 0.1) is 42.5 Å². The van der Waals surface area contributed by atoms with Crippen molar-refractivity contribution in [3.63, 3.8) is 0 Å². The van der Waals surface area contributed by atoms with Crippen LogP contribution >= 0.6 is 0 Å². The van der Waals surface area contributed by atoms with Gasteiger partial charge in [-0.25, -0.2) is 9.78 Å². The highest BCUT2D eigenvalue weighted by Crippen LogP contribution is 2.30. The summed E-state index contributed by atoms with van der Waals surface area (Å²) in [6.07, 6.45) is 24.8. The van der Waals surface area contributed by atoms with E-state index in [4.69, 9.17) is 32.8 Å². The number of cyclic esters (lactones) is 1. The number of methoxy groups -OCH3 is 3. The second kappa shape index (κ2) is 27.2. The minimum Gasteiger partial charge on any atom is -0.458 e. The summed E-state index contributed by atoms with van der Waals surface area (Å²) in [5.41, 5.74) is 1.56. The fraction of sp³-hybridized carbons (Fsp3) is 0.551. The Morgan fingerprint density at radius 2 is 1.42 bits per heavy atom. The molecule has 0 radical (unpaired) electrons. The molecule has 2 aliphatic heterocycles. The molecule has 0 unspecified atom stereocenters. The summed E-state index contributed by atoms with van der Waals surface area (Å²) >= 11 is 0. The number of ether oxygens (including phenoxy) is 6. The van der Waals surface area contributed by atoms with Gasteiger partial charge in [-0.3, -0.25) is 0 Å². The van der Waals surface area contributed by atoms with E-state index in [1.165, 1.54) is 20.3 Å². The molecule has 3 rings (SSSR count). The molecule has 0 aromatic carbocycles. The van der Waals surface area contributed by atoms with Crippen molar-refractivity contribution >= 4 is 12.0 Å². The van der Waals surface area contributed by atoms with E-state index in [2.05, 4.69) is 11.1 Å². The van der Waals surface area contributed by atoms with Crippen LogP contribution < -0.4 is 0 Å². The molecular weight excluding hydrogens is 795 g/mol. The Hall–Kier alpha value is -4.02. The van der Waals surface area contributed by atoms with Crippen molar-refractivity contribution in [1.82, 2.24) is 4.98 Å². The summed E-state index contributed by atoms with van der Waals surface area (Å²) in [6, 6.07) is 0. The molecule has 13 heteroatoms. The summed E-state index contributed by atoms with van der Waals surface area (Å²) in [5, 5.41) is 42.3. The Kier molecular flexibility index (Phi) is 23.0. The number of nitrogens with zero attached hydrogens (tertiary/aromatic N) is 1. The van der Waals surface area contributed by atoms with Gasteiger partial charge in [-0.15, -0.1) is 0 Å². The number of allylic oxidation sites excluding steroid dienone is 12. The van der Waals surface area contributed by atoms with E-state index < -0.39 is 73.1 Å². The van der Waals surface area contributed by atoms with E-state index in [0.29, 0.717) is 18.0 Å². The maximum absolute atomic E-state index is 13.0. The van der Waals surface area contributed by atoms with Crippen molar-refractivity contribution < 1.29 is 58.1 Å². The van der Waals surface area contributed by atoms with Gasteiger partial charge in [-0.2, -0.15) is 0 Å². The van der Waals surface area contributed by atoms with Crippen molar-refractivity contribution in [2.75, 3.05) is 21.3 Å². The molecule has 2 aliphatic rings. The van der Waals surface area contributed by atoms with Crippen LogP contribution in [0.5, 0.6) is 0 Å². The molecule has 62 heavy (non-hydrogen) atoms. The summed E-state index contributed by atoms with van der Waals surface area (Å²) in [4.78, 5) is 17.7. The van der Waals surface area contributed by atoms with Crippen LogP contribution in [0.3, 0.4) is 0 Å². The van der Waals surface area contributed by atoms with E-state index in [1.807, 2.05) is 76.3 Å². The third-order valence-corrected chi connectivity index (χ3v) is 11.1. The average Bonchev–Trinajstić information content (AvgIpc) is 3.71. The molecule has 344 valence electrons. The number of hydrogen-bond acceptors (Lipinski definition) is 13. The molecule has 1 saturated heterocycles. The highest BCUT2D eigenvalue weighted by Gasteiger charge is 2.46. The van der Waals surface area contributed by atoms with Gasteiger partial charge in [0.15, 0.2) is 12.2 Å². The van der Waals surface area contributed by atoms with Crippen molar-refractivity contribution in [2.24, 2.45) is 17.8 Å². The predicted molar refractivity (Wildman–Crippen MR) is 240 cm³/mol. The highest BCUT2D eigenvalue weighted by molar-refractivity contribution is 5.82. The fourth-order valence-corrected chi connectivity index (χ4v) is 7.36. The number of rotatable bonds is 9. The maximum Gasteiger partial charge on any atom is 0.331 e. The highest BCUT2D eigenvalue weighted by atomic mass is 16.7. The summed E-state index contributed by atoms with van der Waals surface area (Å²) in [5.74, 6) is -1.26. The standard InChI is InChI=1S/C49H71NO12/c1-31-21-15-11-14-18-26-43(54)62-45(35(5)40(53)28-34(4)51)32(2)22-16-12-13-17-24-39(52)29-42(56-8)36(6)48-50-38(30-59-48)23-19-20-25-41(33(3)27-31)61-49-47(58-10)46(57-9)44(55)37(7)60-49/h11-27,30,32-37,39-42,44-47,49,51-53,55H,28-29H2,1-10H3/b13-12-,14-11+,21-15+,22-16+,23-19+,24-17-,25-20+,26-18+,31-27-/t32-,33+,34+,35+,36-,37-,39-,40+,41-,42-,44-,45+,46+,47-,49-/m1/s1. The monoisotopic (exact) mass is 865 g/mol. The lowest BCUT2D eigenvalue weighted by Crippen LogP contribution is -2.59. The second-order valence-electron chi connectivity index (χ2n) is 16.2. The van der Waals surface area contributed by atoms with E-state index in [1.54, 1.807) is 76.7 Å². The van der Waals surface area contributed by atoms with Crippen molar-refractivity contribution in [2.45, 2.75) is 135 Å². The molecule has 0 saturated carbocycles. The number of carbonyl (C=O) groups excluding carboxylic acids is 1. The van der Waals surface area contributed by atoms with Crippen LogP contribution in [0.4, 0.5) is 0 Å². The Balaban J connectivity index is 1.96. The number of aliphatic hydroxyl groups excluding tert-OH is 4. The molecule has 0 spiro atoms. The van der Waals surface area contributed by atoms with Gasteiger partial charge in [-0.05, 0) is 33.3 Å². The summed E-state index contributed by atoms with van der Waals surface area (Å²) < 4.78 is 41.4. The number of fused-ring (bicyclic) bond motifs is 2. The Morgan fingerprint density at radius 1 is 0.790 bits per heavy atom. The zero-order chi connectivity index (χ0) is 45.8. The molecule has 15 atom stereocenters. The first kappa shape index (κ1) is 52.3. The van der Waals surface area contributed by atoms with Crippen molar-refractivity contribution in [3.8, 4) is 0 Å². The van der Waals surface area contributed by atoms with E-state index in [9.17, 15) is 25.2 Å². The zero-order valence-electron chi connectivity index (χ0n) is 38.0. The Labute approximate surface area is 368 Å². The minimum atomic E-state index is -0.903. The predicted octanol–water partition coefficient (Wildman–Crippen LogP) is 6.88. The van der Waals surface area contributed by atoms with Gasteiger partial charge in [0.2, 0.25) is 0 Å². The summed E-state index contributed by atoms with van der Waals surface area (Å²) in [7, 11) is 4.63. The van der Waals surface area contributed by atoms with Crippen molar-refractivity contribution in [1.29, 1.82) is 0 Å². The molecule has 3 heterocycles. The lowest BCUT2D eigenvalue weighted by atomic mass is 9.86. The van der Waals surface area contributed by atoms with Gasteiger partial charge in [0.1, 0.15) is 36.4 Å². The fourth-order valence-electron chi connectivity index (χ4n) is 7.36. The first-order valence-corrected chi connectivity index (χ1v) is 21.4. The Bertz CT molecular complexity index is 1750. The van der Waals surface area contributed by atoms with E-state index in [0.717, 1.165) is 5.57 Å². The van der Waals surface area contributed by atoms with Crippen LogP contribution in [-0.4, -0.2) is 120 Å². The molecule has 1 fully saturated rings. The molecule has 4 N–H and O–H groups in total. The minimum absolute atomic E-state index is 0.141. The number of aromatic nitrogens is 1.